The summed E-state index contributed by atoms with van der Waals surface area (Å²) in [6.07, 6.45) is 0. The van der Waals surface area contributed by atoms with Crippen LogP contribution in [0.5, 0.6) is 0 Å². The largest absolute Gasteiger partial charge is 0.454 e. The maximum absolute atomic E-state index is 12.6. The number of hydrogen-bond acceptors (Lipinski definition) is 6. The number of carbonyl (C=O) groups excluding carboxylic acids is 2. The van der Waals surface area contributed by atoms with Crippen LogP contribution in [0.25, 0.3) is 0 Å². The lowest BCUT2D eigenvalue weighted by molar-refractivity contribution is 0.0475. The summed E-state index contributed by atoms with van der Waals surface area (Å²) in [6, 6.07) is 10.0. The zero-order valence-corrected chi connectivity index (χ0v) is 17.5. The molecule has 154 valence electrons. The number of sulfonamides is 1. The fourth-order valence-electron chi connectivity index (χ4n) is 2.73. The van der Waals surface area contributed by atoms with Gasteiger partial charge in [0.05, 0.1) is 33.7 Å². The van der Waals surface area contributed by atoms with Gasteiger partial charge in [0.25, 0.3) is 0 Å². The Bertz CT molecular complexity index is 997. The van der Waals surface area contributed by atoms with Crippen molar-refractivity contribution >= 4 is 45.0 Å². The van der Waals surface area contributed by atoms with Crippen LogP contribution in [0, 0.1) is 0 Å². The topological polar surface area (TPSA) is 90.0 Å². The molecule has 2 aromatic rings. The fraction of sp³-hybridized carbons (Fsp3) is 0.263. The van der Waals surface area contributed by atoms with Gasteiger partial charge in [-0.05, 0) is 36.4 Å². The van der Waals surface area contributed by atoms with E-state index in [1.54, 1.807) is 6.07 Å². The molecular weight excluding hydrogens is 441 g/mol. The summed E-state index contributed by atoms with van der Waals surface area (Å²) in [5, 5.41) is 0.236. The van der Waals surface area contributed by atoms with Crippen molar-refractivity contribution < 1.29 is 27.5 Å². The number of esters is 1. The van der Waals surface area contributed by atoms with Crippen LogP contribution < -0.4 is 0 Å². The third-order valence-electron chi connectivity index (χ3n) is 4.29. The summed E-state index contributed by atoms with van der Waals surface area (Å²) in [5.41, 5.74) is 0.194. The Balaban J connectivity index is 1.65. The highest BCUT2D eigenvalue weighted by molar-refractivity contribution is 7.89. The number of halogens is 2. The molecule has 29 heavy (non-hydrogen) atoms. The van der Waals surface area contributed by atoms with Gasteiger partial charge in [0.15, 0.2) is 12.4 Å². The quantitative estimate of drug-likeness (QED) is 0.488. The third kappa shape index (κ3) is 4.96. The SMILES string of the molecule is O=C(COC(=O)c1c(Cl)cccc1Cl)c1ccc(S(=O)(=O)N2CCOCC2)cc1. The van der Waals surface area contributed by atoms with Crippen molar-refractivity contribution in [2.45, 2.75) is 4.90 Å². The van der Waals surface area contributed by atoms with E-state index in [4.69, 9.17) is 32.7 Å². The second kappa shape index (κ2) is 9.23. The molecule has 0 aliphatic carbocycles. The zero-order chi connectivity index (χ0) is 21.0. The van der Waals surface area contributed by atoms with E-state index in [0.717, 1.165) is 0 Å². The van der Waals surface area contributed by atoms with E-state index in [1.807, 2.05) is 0 Å². The van der Waals surface area contributed by atoms with Crippen molar-refractivity contribution in [2.75, 3.05) is 32.9 Å². The summed E-state index contributed by atoms with van der Waals surface area (Å²) >= 11 is 11.9. The summed E-state index contributed by atoms with van der Waals surface area (Å²) in [7, 11) is -3.65. The third-order valence-corrected chi connectivity index (χ3v) is 6.83. The van der Waals surface area contributed by atoms with Gasteiger partial charge in [0.2, 0.25) is 10.0 Å². The number of ketones is 1. The van der Waals surface area contributed by atoms with Gasteiger partial charge in [-0.3, -0.25) is 4.79 Å². The lowest BCUT2D eigenvalue weighted by atomic mass is 10.1. The van der Waals surface area contributed by atoms with Crippen molar-refractivity contribution in [3.8, 4) is 0 Å². The maximum Gasteiger partial charge on any atom is 0.341 e. The summed E-state index contributed by atoms with van der Waals surface area (Å²) in [5.74, 6) is -1.31. The highest BCUT2D eigenvalue weighted by atomic mass is 35.5. The number of ether oxygens (including phenoxy) is 2. The lowest BCUT2D eigenvalue weighted by Gasteiger charge is -2.26. The van der Waals surface area contributed by atoms with Crippen LogP contribution in [0.4, 0.5) is 0 Å². The highest BCUT2D eigenvalue weighted by Gasteiger charge is 2.26. The molecule has 1 fully saturated rings. The normalized spacial score (nSPS) is 15.1. The summed E-state index contributed by atoms with van der Waals surface area (Å²) in [4.78, 5) is 24.5. The molecular formula is C19H17Cl2NO6S. The van der Waals surface area contributed by atoms with Crippen LogP contribution in [-0.4, -0.2) is 57.4 Å². The van der Waals surface area contributed by atoms with Gasteiger partial charge in [-0.1, -0.05) is 29.3 Å². The monoisotopic (exact) mass is 457 g/mol. The van der Waals surface area contributed by atoms with Crippen molar-refractivity contribution in [2.24, 2.45) is 0 Å². The van der Waals surface area contributed by atoms with Crippen LogP contribution >= 0.6 is 23.2 Å². The minimum absolute atomic E-state index is 0.0180. The molecule has 1 aliphatic heterocycles. The highest BCUT2D eigenvalue weighted by Crippen LogP contribution is 2.25. The van der Waals surface area contributed by atoms with E-state index in [2.05, 4.69) is 0 Å². The molecule has 0 aromatic heterocycles. The molecule has 0 radical (unpaired) electrons. The fourth-order valence-corrected chi connectivity index (χ4v) is 4.69. The van der Waals surface area contributed by atoms with E-state index >= 15 is 0 Å². The van der Waals surface area contributed by atoms with Gasteiger partial charge in [-0.2, -0.15) is 4.31 Å². The Morgan fingerprint density at radius 2 is 1.59 bits per heavy atom. The average molecular weight is 458 g/mol. The molecule has 3 rings (SSSR count). The average Bonchev–Trinajstić information content (AvgIpc) is 2.72. The van der Waals surface area contributed by atoms with Crippen LogP contribution in [0.2, 0.25) is 10.0 Å². The van der Waals surface area contributed by atoms with Gasteiger partial charge in [0.1, 0.15) is 0 Å². The molecule has 0 spiro atoms. The van der Waals surface area contributed by atoms with Crippen LogP contribution in [-0.2, 0) is 19.5 Å². The molecule has 0 unspecified atom stereocenters. The Labute approximate surface area is 178 Å². The van der Waals surface area contributed by atoms with Gasteiger partial charge in [-0.25, -0.2) is 13.2 Å². The van der Waals surface area contributed by atoms with E-state index in [0.29, 0.717) is 13.2 Å². The number of hydrogen-bond donors (Lipinski definition) is 0. The molecule has 0 saturated carbocycles. The molecule has 0 atom stereocenters. The molecule has 0 bridgehead atoms. The van der Waals surface area contributed by atoms with Crippen molar-refractivity contribution in [1.82, 2.24) is 4.31 Å². The van der Waals surface area contributed by atoms with Crippen LogP contribution in [0.3, 0.4) is 0 Å². The Hall–Kier alpha value is -1.97. The second-order valence-electron chi connectivity index (χ2n) is 6.14. The Kier molecular flexibility index (Phi) is 6.92. The number of nitrogens with zero attached hydrogens (tertiary/aromatic N) is 1. The first-order valence-corrected chi connectivity index (χ1v) is 10.8. The minimum Gasteiger partial charge on any atom is -0.454 e. The van der Waals surface area contributed by atoms with Crippen molar-refractivity contribution in [3.05, 3.63) is 63.6 Å². The number of benzene rings is 2. The number of morpholine rings is 1. The van der Waals surface area contributed by atoms with E-state index < -0.39 is 28.4 Å². The summed E-state index contributed by atoms with van der Waals surface area (Å²) in [6.45, 7) is 0.719. The van der Waals surface area contributed by atoms with Crippen molar-refractivity contribution in [3.63, 3.8) is 0 Å². The van der Waals surface area contributed by atoms with E-state index in [9.17, 15) is 18.0 Å². The molecule has 0 amide bonds. The number of rotatable bonds is 6. The number of Topliss-reactive ketones (excluding diaryl/α,β-unsaturated/α-hetero) is 1. The predicted octanol–water partition coefficient (Wildman–Crippen LogP) is 3.05. The lowest BCUT2D eigenvalue weighted by Crippen LogP contribution is -2.40. The van der Waals surface area contributed by atoms with Gasteiger partial charge < -0.3 is 9.47 Å². The van der Waals surface area contributed by atoms with Crippen LogP contribution in [0.1, 0.15) is 20.7 Å². The Morgan fingerprint density at radius 1 is 1.00 bits per heavy atom. The minimum atomic E-state index is -3.65. The van der Waals surface area contributed by atoms with Crippen molar-refractivity contribution in [1.29, 1.82) is 0 Å². The molecule has 10 heteroatoms. The second-order valence-corrected chi connectivity index (χ2v) is 8.89. The molecule has 7 nitrogen and oxygen atoms in total. The first kappa shape index (κ1) is 21.7. The zero-order valence-electron chi connectivity index (χ0n) is 15.1. The van der Waals surface area contributed by atoms with E-state index in [1.165, 1.54) is 40.7 Å². The van der Waals surface area contributed by atoms with E-state index in [-0.39, 0.29) is 39.2 Å². The summed E-state index contributed by atoms with van der Waals surface area (Å²) < 4.78 is 36.7. The molecule has 1 heterocycles. The smallest absolute Gasteiger partial charge is 0.341 e. The predicted molar refractivity (Wildman–Crippen MR) is 107 cm³/mol. The standard InChI is InChI=1S/C19H17Cl2NO6S/c20-15-2-1-3-16(21)18(15)19(24)28-12-17(23)13-4-6-14(7-5-13)29(25,26)22-8-10-27-11-9-22/h1-7H,8-12H2. The number of carbonyl (C=O) groups is 2. The van der Waals surface area contributed by atoms with Crippen LogP contribution in [0.15, 0.2) is 47.4 Å². The maximum atomic E-state index is 12.6. The van der Waals surface area contributed by atoms with Gasteiger partial charge in [-0.15, -0.1) is 0 Å². The Morgan fingerprint density at radius 3 is 2.17 bits per heavy atom. The molecule has 0 N–H and O–H groups in total. The molecule has 1 saturated heterocycles. The first-order chi connectivity index (χ1) is 13.8. The van der Waals surface area contributed by atoms with Gasteiger partial charge in [0, 0.05) is 18.7 Å². The van der Waals surface area contributed by atoms with Gasteiger partial charge >= 0.3 is 5.97 Å². The molecule has 2 aromatic carbocycles. The molecule has 1 aliphatic rings. The first-order valence-electron chi connectivity index (χ1n) is 8.63.